The van der Waals surface area contributed by atoms with Crippen LogP contribution in [0.2, 0.25) is 0 Å². The molecule has 8 nitrogen and oxygen atoms in total. The topological polar surface area (TPSA) is 95.6 Å². The summed E-state index contributed by atoms with van der Waals surface area (Å²) in [5.41, 5.74) is 2.24. The molecule has 2 saturated heterocycles. The van der Waals surface area contributed by atoms with E-state index in [2.05, 4.69) is 30.5 Å². The van der Waals surface area contributed by atoms with Crippen molar-refractivity contribution in [2.45, 2.75) is 77.4 Å². The van der Waals surface area contributed by atoms with Gasteiger partial charge in [0, 0.05) is 49.8 Å². The number of nitrogens with one attached hydrogen (secondary N) is 1. The maximum Gasteiger partial charge on any atom is 0.254 e. The van der Waals surface area contributed by atoms with Crippen molar-refractivity contribution in [3.8, 4) is 5.75 Å². The predicted octanol–water partition coefficient (Wildman–Crippen LogP) is 4.17. The number of quaternary nitrogens is 1. The summed E-state index contributed by atoms with van der Waals surface area (Å²) in [6.07, 6.45) is 7.12. The Labute approximate surface area is 248 Å². The van der Waals surface area contributed by atoms with Crippen molar-refractivity contribution in [3.05, 3.63) is 58.9 Å². The summed E-state index contributed by atoms with van der Waals surface area (Å²) in [5, 5.41) is 4.84. The number of amides is 3. The van der Waals surface area contributed by atoms with Crippen LogP contribution in [0.25, 0.3) is 0 Å². The molecular weight excluding hydrogens is 535 g/mol. The molecule has 2 heterocycles. The van der Waals surface area contributed by atoms with E-state index in [9.17, 15) is 18.8 Å². The number of anilines is 1. The lowest BCUT2D eigenvalue weighted by molar-refractivity contribution is -0.638. The minimum absolute atomic E-state index is 0.0303. The second-order valence-corrected chi connectivity index (χ2v) is 12.4. The molecule has 226 valence electrons. The number of halogens is 1. The number of piperazine rings is 1. The van der Waals surface area contributed by atoms with Gasteiger partial charge in [-0.3, -0.25) is 14.4 Å². The molecule has 2 aromatic rings. The average Bonchev–Trinajstić information content (AvgIpc) is 3.49. The number of rotatable bonds is 7. The summed E-state index contributed by atoms with van der Waals surface area (Å²) in [7, 11) is 0. The number of nitrogens with two attached hydrogens (primary N) is 1. The Morgan fingerprint density at radius 3 is 2.45 bits per heavy atom. The minimum atomic E-state index is -0.592. The molecule has 2 atom stereocenters. The van der Waals surface area contributed by atoms with Crippen molar-refractivity contribution in [2.24, 2.45) is 5.92 Å². The Balaban J connectivity index is 1.35. The number of nitrogens with zero attached hydrogens (tertiary/aromatic N) is 2. The highest BCUT2D eigenvalue weighted by molar-refractivity contribution is 5.98. The normalized spacial score (nSPS) is 21.5. The van der Waals surface area contributed by atoms with Gasteiger partial charge in [0.25, 0.3) is 11.8 Å². The molecule has 3 fully saturated rings. The van der Waals surface area contributed by atoms with Gasteiger partial charge in [0.1, 0.15) is 18.1 Å². The lowest BCUT2D eigenvalue weighted by Crippen LogP contribution is -2.81. The Hall–Kier alpha value is -3.46. The van der Waals surface area contributed by atoms with Gasteiger partial charge in [-0.25, -0.2) is 4.39 Å². The number of ether oxygens (including phenoxy) is 1. The first-order valence-corrected chi connectivity index (χ1v) is 15.5. The summed E-state index contributed by atoms with van der Waals surface area (Å²) in [6, 6.07) is 9.64. The third-order valence-corrected chi connectivity index (χ3v) is 8.92. The Kier molecular flexibility index (Phi) is 9.46. The van der Waals surface area contributed by atoms with Crippen molar-refractivity contribution in [3.63, 3.8) is 0 Å². The van der Waals surface area contributed by atoms with Crippen LogP contribution in [-0.2, 0) is 4.79 Å². The molecule has 42 heavy (non-hydrogen) atoms. The first-order chi connectivity index (χ1) is 20.2. The maximum atomic E-state index is 14.3. The van der Waals surface area contributed by atoms with Gasteiger partial charge < -0.3 is 25.2 Å². The van der Waals surface area contributed by atoms with Crippen LogP contribution in [0.5, 0.6) is 5.75 Å². The Bertz CT molecular complexity index is 1300. The molecule has 9 heteroatoms. The quantitative estimate of drug-likeness (QED) is 0.515. The van der Waals surface area contributed by atoms with Crippen LogP contribution in [0.15, 0.2) is 36.4 Å². The minimum Gasteiger partial charge on any atom is -0.484 e. The van der Waals surface area contributed by atoms with E-state index in [0.29, 0.717) is 31.1 Å². The van der Waals surface area contributed by atoms with Crippen LogP contribution in [-0.4, -0.2) is 72.4 Å². The number of carbonyl (C=O) groups is 3. The summed E-state index contributed by atoms with van der Waals surface area (Å²) in [5.74, 6) is 0.145. The van der Waals surface area contributed by atoms with E-state index in [-0.39, 0.29) is 47.0 Å². The molecule has 0 radical (unpaired) electrons. The lowest BCUT2D eigenvalue weighted by atomic mass is 9.83. The molecule has 0 bridgehead atoms. The second kappa shape index (κ2) is 13.2. The zero-order chi connectivity index (χ0) is 29.8. The first kappa shape index (κ1) is 30.0. The van der Waals surface area contributed by atoms with Crippen molar-refractivity contribution >= 4 is 23.4 Å². The van der Waals surface area contributed by atoms with E-state index in [1.807, 2.05) is 17.0 Å². The van der Waals surface area contributed by atoms with Gasteiger partial charge >= 0.3 is 0 Å². The van der Waals surface area contributed by atoms with Crippen molar-refractivity contribution in [1.82, 2.24) is 9.80 Å². The van der Waals surface area contributed by atoms with Gasteiger partial charge in [-0.15, -0.1) is 0 Å². The molecule has 0 aromatic heterocycles. The zero-order valence-corrected chi connectivity index (χ0v) is 25.0. The van der Waals surface area contributed by atoms with Crippen molar-refractivity contribution < 1.29 is 28.8 Å². The van der Waals surface area contributed by atoms with E-state index in [1.54, 1.807) is 4.90 Å². The summed E-state index contributed by atoms with van der Waals surface area (Å²) in [4.78, 5) is 42.5. The van der Waals surface area contributed by atoms with Crippen LogP contribution in [0.1, 0.15) is 91.5 Å². The molecule has 3 aliphatic rings. The summed E-state index contributed by atoms with van der Waals surface area (Å²) < 4.78 is 20.8. The van der Waals surface area contributed by atoms with Crippen LogP contribution in [0, 0.1) is 11.7 Å². The fourth-order valence-corrected chi connectivity index (χ4v) is 6.69. The zero-order valence-electron chi connectivity index (χ0n) is 25.0. The Morgan fingerprint density at radius 1 is 0.976 bits per heavy atom. The average molecular weight is 580 g/mol. The molecular formula is C33H44FN4O4+. The molecule has 3 N–H and O–H groups in total. The van der Waals surface area contributed by atoms with Crippen LogP contribution >= 0.6 is 0 Å². The number of benzene rings is 2. The fourth-order valence-electron chi connectivity index (χ4n) is 6.69. The molecule has 1 saturated carbocycles. The smallest absolute Gasteiger partial charge is 0.254 e. The molecule has 1 aliphatic carbocycles. The second-order valence-electron chi connectivity index (χ2n) is 12.4. The first-order valence-electron chi connectivity index (χ1n) is 15.5. The van der Waals surface area contributed by atoms with Gasteiger partial charge in [-0.1, -0.05) is 33.1 Å². The van der Waals surface area contributed by atoms with Gasteiger partial charge in [0.2, 0.25) is 5.91 Å². The molecule has 0 unspecified atom stereocenters. The van der Waals surface area contributed by atoms with E-state index in [1.165, 1.54) is 44.4 Å². The summed E-state index contributed by atoms with van der Waals surface area (Å²) in [6.45, 7) is 8.57. The van der Waals surface area contributed by atoms with E-state index in [0.717, 1.165) is 43.7 Å². The van der Waals surface area contributed by atoms with Gasteiger partial charge in [0.15, 0.2) is 6.10 Å². The fraction of sp³-hybridized carbons (Fsp3) is 0.545. The summed E-state index contributed by atoms with van der Waals surface area (Å²) >= 11 is 0. The number of hydrogen-bond acceptors (Lipinski definition) is 4. The third kappa shape index (κ3) is 6.94. The molecule has 2 aromatic carbocycles. The number of hydrogen-bond donors (Lipinski definition) is 2. The van der Waals surface area contributed by atoms with Crippen molar-refractivity contribution in [1.29, 1.82) is 0 Å². The lowest BCUT2D eigenvalue weighted by Gasteiger charge is -2.43. The standard InChI is InChI=1S/C33H43FN4O4/c1-21(2)30-20-37(32(40)25-15-26(34)18-27(16-25)36-22(3)39)13-14-38(30)33(41)24-9-10-31(42-28-11-12-35-19-28)29(17-24)23-7-5-4-6-8-23/h9-10,15-18,21,23,28,30,35H,4-8,11-14,19-20H2,1-3H3,(H,36,39)/p+1/t28-,30+/m0/s1. The largest absolute Gasteiger partial charge is 0.484 e. The predicted molar refractivity (Wildman–Crippen MR) is 159 cm³/mol. The van der Waals surface area contributed by atoms with Crippen LogP contribution in [0.3, 0.4) is 0 Å². The van der Waals surface area contributed by atoms with Crippen LogP contribution in [0.4, 0.5) is 10.1 Å². The monoisotopic (exact) mass is 579 g/mol. The SMILES string of the molecule is CC(=O)Nc1cc(F)cc(C(=O)N2CCN(C(=O)c3ccc(O[C@H]4CC[NH2+]C4)c(C4CCCCC4)c3)[C@@H](C(C)C)C2)c1. The van der Waals surface area contributed by atoms with E-state index >= 15 is 0 Å². The number of carbonyl (C=O) groups excluding carboxylic acids is 3. The highest BCUT2D eigenvalue weighted by Gasteiger charge is 2.36. The highest BCUT2D eigenvalue weighted by atomic mass is 19.1. The van der Waals surface area contributed by atoms with Gasteiger partial charge in [-0.05, 0) is 66.6 Å². The van der Waals surface area contributed by atoms with Crippen molar-refractivity contribution in [2.75, 3.05) is 38.0 Å². The Morgan fingerprint density at radius 2 is 1.76 bits per heavy atom. The van der Waals surface area contributed by atoms with Gasteiger partial charge in [-0.2, -0.15) is 0 Å². The van der Waals surface area contributed by atoms with Gasteiger partial charge in [0.05, 0.1) is 12.6 Å². The molecule has 5 rings (SSSR count). The van der Waals surface area contributed by atoms with Crippen LogP contribution < -0.4 is 15.4 Å². The molecule has 2 aliphatic heterocycles. The van der Waals surface area contributed by atoms with E-state index < -0.39 is 5.82 Å². The molecule has 3 amide bonds. The van der Waals surface area contributed by atoms with E-state index in [4.69, 9.17) is 4.74 Å². The highest BCUT2D eigenvalue weighted by Crippen LogP contribution is 2.39. The third-order valence-electron chi connectivity index (χ3n) is 8.92. The molecule has 0 spiro atoms. The maximum absolute atomic E-state index is 14.3.